The number of anilines is 3. The van der Waals surface area contributed by atoms with Crippen molar-refractivity contribution in [3.05, 3.63) is 54.2 Å². The van der Waals surface area contributed by atoms with Crippen molar-refractivity contribution < 1.29 is 0 Å². The maximum absolute atomic E-state index is 4.60. The third-order valence-corrected chi connectivity index (χ3v) is 3.87. The highest BCUT2D eigenvalue weighted by Gasteiger charge is 2.04. The van der Waals surface area contributed by atoms with E-state index >= 15 is 0 Å². The number of hydrogen-bond acceptors (Lipinski definition) is 5. The molecule has 3 rings (SSSR count). The normalized spacial score (nSPS) is 10.4. The van der Waals surface area contributed by atoms with Gasteiger partial charge in [-0.1, -0.05) is 0 Å². The van der Waals surface area contributed by atoms with Crippen molar-refractivity contribution in [3.63, 3.8) is 0 Å². The van der Waals surface area contributed by atoms with Gasteiger partial charge in [-0.3, -0.25) is 4.98 Å². The van der Waals surface area contributed by atoms with Crippen LogP contribution in [0.3, 0.4) is 0 Å². The lowest BCUT2D eigenvalue weighted by molar-refractivity contribution is 1.13. The Morgan fingerprint density at radius 3 is 2.38 bits per heavy atom. The first-order valence-electron chi connectivity index (χ1n) is 6.63. The minimum absolute atomic E-state index is 0.888. The molecule has 0 radical (unpaired) electrons. The van der Waals surface area contributed by atoms with Gasteiger partial charge in [-0.25, -0.2) is 4.98 Å². The van der Waals surface area contributed by atoms with Crippen LogP contribution in [-0.4, -0.2) is 24.1 Å². The molecule has 0 aliphatic rings. The first kappa shape index (κ1) is 13.6. The molecule has 4 nitrogen and oxygen atoms in total. The lowest BCUT2D eigenvalue weighted by Crippen LogP contribution is -2.08. The van der Waals surface area contributed by atoms with Gasteiger partial charge in [0.25, 0.3) is 0 Å². The third kappa shape index (κ3) is 3.20. The monoisotopic (exact) mass is 296 g/mol. The first-order valence-corrected chi connectivity index (χ1v) is 7.51. The summed E-state index contributed by atoms with van der Waals surface area (Å²) in [4.78, 5) is 10.7. The Labute approximate surface area is 128 Å². The van der Waals surface area contributed by atoms with Crippen LogP contribution in [0.15, 0.2) is 54.2 Å². The molecular formula is C16H16N4S. The highest BCUT2D eigenvalue weighted by atomic mass is 32.1. The summed E-state index contributed by atoms with van der Waals surface area (Å²) in [5.74, 6) is 0. The van der Waals surface area contributed by atoms with Crippen molar-refractivity contribution in [1.82, 2.24) is 9.97 Å². The number of hydrogen-bond donors (Lipinski definition) is 1. The lowest BCUT2D eigenvalue weighted by atomic mass is 10.2. The second-order valence-electron chi connectivity index (χ2n) is 4.84. The molecule has 0 spiro atoms. The minimum Gasteiger partial charge on any atom is -0.378 e. The fourth-order valence-corrected chi connectivity index (χ4v) is 2.69. The van der Waals surface area contributed by atoms with Crippen LogP contribution in [0.5, 0.6) is 0 Å². The van der Waals surface area contributed by atoms with E-state index in [1.54, 1.807) is 23.7 Å². The Morgan fingerprint density at radius 1 is 1.00 bits per heavy atom. The molecule has 5 heteroatoms. The average Bonchev–Trinajstić information content (AvgIpc) is 2.97. The molecule has 2 heterocycles. The molecule has 0 bridgehead atoms. The first-order chi connectivity index (χ1) is 10.2. The van der Waals surface area contributed by atoms with E-state index in [2.05, 4.69) is 44.5 Å². The summed E-state index contributed by atoms with van der Waals surface area (Å²) in [5, 5.41) is 6.27. The lowest BCUT2D eigenvalue weighted by Gasteiger charge is -2.12. The number of thiazole rings is 1. The summed E-state index contributed by atoms with van der Waals surface area (Å²) in [5.41, 5.74) is 4.26. The molecule has 0 saturated carbocycles. The Bertz CT molecular complexity index is 705. The van der Waals surface area contributed by atoms with Crippen LogP contribution in [0.4, 0.5) is 16.5 Å². The SMILES string of the molecule is CN(C)c1ccc(Nc2nc(-c3ccncc3)cs2)cc1. The van der Waals surface area contributed by atoms with Crippen LogP contribution in [-0.2, 0) is 0 Å². The van der Waals surface area contributed by atoms with Crippen molar-refractivity contribution in [2.24, 2.45) is 0 Å². The van der Waals surface area contributed by atoms with E-state index in [0.717, 1.165) is 22.1 Å². The summed E-state index contributed by atoms with van der Waals surface area (Å²) in [7, 11) is 4.06. The second kappa shape index (κ2) is 5.93. The van der Waals surface area contributed by atoms with Crippen LogP contribution in [0.1, 0.15) is 0 Å². The number of benzene rings is 1. The van der Waals surface area contributed by atoms with Gasteiger partial charge in [-0.15, -0.1) is 11.3 Å². The zero-order valence-corrected chi connectivity index (χ0v) is 12.8. The maximum atomic E-state index is 4.60. The zero-order valence-electron chi connectivity index (χ0n) is 11.9. The van der Waals surface area contributed by atoms with Crippen LogP contribution in [0.2, 0.25) is 0 Å². The van der Waals surface area contributed by atoms with Gasteiger partial charge in [0.05, 0.1) is 5.69 Å². The topological polar surface area (TPSA) is 41.0 Å². The number of nitrogens with one attached hydrogen (secondary N) is 1. The van der Waals surface area contributed by atoms with Crippen LogP contribution >= 0.6 is 11.3 Å². The Morgan fingerprint density at radius 2 is 1.71 bits per heavy atom. The van der Waals surface area contributed by atoms with Gasteiger partial charge in [0.2, 0.25) is 0 Å². The molecule has 0 aliphatic heterocycles. The van der Waals surface area contributed by atoms with Crippen LogP contribution in [0, 0.1) is 0 Å². The predicted molar refractivity (Wildman–Crippen MR) is 89.4 cm³/mol. The van der Waals surface area contributed by atoms with Gasteiger partial charge >= 0.3 is 0 Å². The quantitative estimate of drug-likeness (QED) is 0.789. The Hall–Kier alpha value is -2.40. The van der Waals surface area contributed by atoms with Gasteiger partial charge in [0.1, 0.15) is 0 Å². The van der Waals surface area contributed by atoms with E-state index in [1.807, 2.05) is 31.6 Å². The van der Waals surface area contributed by atoms with E-state index < -0.39 is 0 Å². The molecule has 0 unspecified atom stereocenters. The van der Waals surface area contributed by atoms with Crippen molar-refractivity contribution in [2.75, 3.05) is 24.3 Å². The third-order valence-electron chi connectivity index (χ3n) is 3.12. The van der Waals surface area contributed by atoms with E-state index in [-0.39, 0.29) is 0 Å². The Kier molecular flexibility index (Phi) is 3.83. The summed E-state index contributed by atoms with van der Waals surface area (Å²) < 4.78 is 0. The van der Waals surface area contributed by atoms with Crippen LogP contribution in [0.25, 0.3) is 11.3 Å². The van der Waals surface area contributed by atoms with Crippen LogP contribution < -0.4 is 10.2 Å². The fourth-order valence-electron chi connectivity index (χ4n) is 1.95. The number of rotatable bonds is 4. The number of aromatic nitrogens is 2. The molecule has 2 aromatic heterocycles. The molecule has 0 fully saturated rings. The molecule has 0 atom stereocenters. The highest BCUT2D eigenvalue weighted by Crippen LogP contribution is 2.27. The molecule has 0 aliphatic carbocycles. The second-order valence-corrected chi connectivity index (χ2v) is 5.70. The van der Waals surface area contributed by atoms with Gasteiger partial charge in [0.15, 0.2) is 5.13 Å². The summed E-state index contributed by atoms with van der Waals surface area (Å²) in [6.07, 6.45) is 3.56. The molecule has 3 aromatic rings. The van der Waals surface area contributed by atoms with Gasteiger partial charge < -0.3 is 10.2 Å². The zero-order chi connectivity index (χ0) is 14.7. The molecule has 106 valence electrons. The minimum atomic E-state index is 0.888. The largest absolute Gasteiger partial charge is 0.378 e. The molecule has 0 saturated heterocycles. The maximum Gasteiger partial charge on any atom is 0.187 e. The van der Waals surface area contributed by atoms with Gasteiger partial charge in [-0.2, -0.15) is 0 Å². The van der Waals surface area contributed by atoms with E-state index in [9.17, 15) is 0 Å². The Balaban J connectivity index is 1.75. The van der Waals surface area contributed by atoms with Crippen molar-refractivity contribution in [3.8, 4) is 11.3 Å². The van der Waals surface area contributed by atoms with E-state index in [1.165, 1.54) is 5.69 Å². The van der Waals surface area contributed by atoms with E-state index in [4.69, 9.17) is 0 Å². The summed E-state index contributed by atoms with van der Waals surface area (Å²) in [6, 6.07) is 12.2. The van der Waals surface area contributed by atoms with Crippen molar-refractivity contribution in [1.29, 1.82) is 0 Å². The highest BCUT2D eigenvalue weighted by molar-refractivity contribution is 7.14. The molecule has 21 heavy (non-hydrogen) atoms. The molecular weight excluding hydrogens is 280 g/mol. The molecule has 1 N–H and O–H groups in total. The van der Waals surface area contributed by atoms with Crippen molar-refractivity contribution >= 4 is 27.8 Å². The smallest absolute Gasteiger partial charge is 0.187 e. The van der Waals surface area contributed by atoms with Gasteiger partial charge in [-0.05, 0) is 36.4 Å². The van der Waals surface area contributed by atoms with Crippen molar-refractivity contribution in [2.45, 2.75) is 0 Å². The van der Waals surface area contributed by atoms with Gasteiger partial charge in [0, 0.05) is 48.8 Å². The standard InChI is InChI=1S/C16H16N4S/c1-20(2)14-5-3-13(4-6-14)18-16-19-15(11-21-16)12-7-9-17-10-8-12/h3-11H,1-2H3,(H,18,19). The number of nitrogens with zero attached hydrogens (tertiary/aromatic N) is 3. The summed E-state index contributed by atoms with van der Waals surface area (Å²) in [6.45, 7) is 0. The fraction of sp³-hybridized carbons (Fsp3) is 0.125. The summed E-state index contributed by atoms with van der Waals surface area (Å²) >= 11 is 1.60. The van der Waals surface area contributed by atoms with E-state index in [0.29, 0.717) is 0 Å². The molecule has 0 amide bonds. The average molecular weight is 296 g/mol. The number of pyridine rings is 1. The molecule has 1 aromatic carbocycles. The predicted octanol–water partition coefficient (Wildman–Crippen LogP) is 4.01.